The lowest BCUT2D eigenvalue weighted by Crippen LogP contribution is -2.48. The molecular weight excluding hydrogens is 518 g/mol. The van der Waals surface area contributed by atoms with Gasteiger partial charge < -0.3 is 20.1 Å². The fourth-order valence-electron chi connectivity index (χ4n) is 4.45. The highest BCUT2D eigenvalue weighted by Crippen LogP contribution is 2.29. The Bertz CT molecular complexity index is 1250. The molecule has 9 nitrogen and oxygen atoms in total. The molecule has 0 radical (unpaired) electrons. The summed E-state index contributed by atoms with van der Waals surface area (Å²) in [4.78, 5) is 27.8. The van der Waals surface area contributed by atoms with Crippen molar-refractivity contribution in [1.82, 2.24) is 25.8 Å². The second-order valence-electron chi connectivity index (χ2n) is 9.21. The number of carbonyl (C=O) groups excluding carboxylic acids is 2. The molecule has 0 saturated heterocycles. The third-order valence-electron chi connectivity index (χ3n) is 6.50. The second-order valence-corrected chi connectivity index (χ2v) is 9.21. The SMILES string of the molecule is Cc1cc2c(C)noc2cc1N(CC(=O)NCCNCC(F)F)CC(=O)N(C)N1Cc2ccccc2C1.Cl. The Hall–Kier alpha value is -3.28. The summed E-state index contributed by atoms with van der Waals surface area (Å²) >= 11 is 0. The predicted molar refractivity (Wildman–Crippen MR) is 143 cm³/mol. The van der Waals surface area contributed by atoms with E-state index in [9.17, 15) is 18.4 Å². The van der Waals surface area contributed by atoms with E-state index < -0.39 is 13.0 Å². The number of carbonyl (C=O) groups is 2. The third kappa shape index (κ3) is 6.97. The second kappa shape index (κ2) is 13.0. The van der Waals surface area contributed by atoms with Gasteiger partial charge in [-0.1, -0.05) is 29.4 Å². The number of likely N-dealkylation sites (N-methyl/N-ethyl adjacent to an activating group) is 1. The van der Waals surface area contributed by atoms with Crippen LogP contribution in [0.15, 0.2) is 40.9 Å². The molecule has 38 heavy (non-hydrogen) atoms. The van der Waals surface area contributed by atoms with Crippen LogP contribution in [0.5, 0.6) is 0 Å². The maximum absolute atomic E-state index is 13.4. The van der Waals surface area contributed by atoms with Crippen molar-refractivity contribution in [3.63, 3.8) is 0 Å². The smallest absolute Gasteiger partial charge is 0.256 e. The number of fused-ring (bicyclic) bond motifs is 2. The highest BCUT2D eigenvalue weighted by molar-refractivity contribution is 5.90. The van der Waals surface area contributed by atoms with E-state index in [1.165, 1.54) is 11.1 Å². The molecule has 0 atom stereocenters. The first kappa shape index (κ1) is 29.3. The molecule has 0 saturated carbocycles. The average molecular weight is 551 g/mol. The summed E-state index contributed by atoms with van der Waals surface area (Å²) in [5.41, 5.74) is 5.24. The standard InChI is InChI=1S/C26H32F2N6O3.ClH/c1-17-10-21-18(2)31-37-23(21)11-22(17)33(15-25(35)30-9-8-29-12-24(27)28)16-26(36)32(3)34-13-19-6-4-5-7-20(19)14-34;/h4-7,10-11,24,29H,8-9,12-16H2,1-3H3,(H,30,35);1H. The summed E-state index contributed by atoms with van der Waals surface area (Å²) in [6.07, 6.45) is -2.45. The molecule has 2 amide bonds. The fourth-order valence-corrected chi connectivity index (χ4v) is 4.45. The van der Waals surface area contributed by atoms with E-state index >= 15 is 0 Å². The molecule has 206 valence electrons. The summed E-state index contributed by atoms with van der Waals surface area (Å²) in [6.45, 7) is 4.87. The summed E-state index contributed by atoms with van der Waals surface area (Å²) in [5, 5.41) is 13.8. The number of halogens is 3. The first-order chi connectivity index (χ1) is 17.7. The average Bonchev–Trinajstić information content (AvgIpc) is 3.45. The Morgan fingerprint density at radius 2 is 1.79 bits per heavy atom. The van der Waals surface area contributed by atoms with E-state index in [4.69, 9.17) is 4.52 Å². The van der Waals surface area contributed by atoms with Crippen LogP contribution in [0.4, 0.5) is 14.5 Å². The lowest BCUT2D eigenvalue weighted by atomic mass is 10.1. The normalized spacial score (nSPS) is 12.9. The minimum atomic E-state index is -2.45. The van der Waals surface area contributed by atoms with Crippen LogP contribution in [0, 0.1) is 13.8 Å². The Morgan fingerprint density at radius 1 is 1.11 bits per heavy atom. The maximum Gasteiger partial charge on any atom is 0.256 e. The monoisotopic (exact) mass is 550 g/mol. The third-order valence-corrected chi connectivity index (χ3v) is 6.50. The zero-order valence-electron chi connectivity index (χ0n) is 21.7. The van der Waals surface area contributed by atoms with Crippen molar-refractivity contribution in [2.24, 2.45) is 0 Å². The molecule has 2 N–H and O–H groups in total. The number of hydrogen-bond donors (Lipinski definition) is 2. The van der Waals surface area contributed by atoms with Crippen LogP contribution in [0.1, 0.15) is 22.4 Å². The van der Waals surface area contributed by atoms with Crippen LogP contribution in [0.25, 0.3) is 11.0 Å². The predicted octanol–water partition coefficient (Wildman–Crippen LogP) is 3.03. The molecule has 2 aromatic carbocycles. The maximum atomic E-state index is 13.4. The number of rotatable bonds is 11. The van der Waals surface area contributed by atoms with Crippen molar-refractivity contribution in [3.05, 3.63) is 58.8 Å². The van der Waals surface area contributed by atoms with E-state index in [0.717, 1.165) is 16.6 Å². The van der Waals surface area contributed by atoms with Crippen LogP contribution in [-0.2, 0) is 22.7 Å². The molecule has 3 aromatic rings. The molecule has 0 unspecified atom stereocenters. The van der Waals surface area contributed by atoms with Gasteiger partial charge >= 0.3 is 0 Å². The van der Waals surface area contributed by atoms with E-state index in [1.54, 1.807) is 23.0 Å². The number of aryl methyl sites for hydroxylation is 2. The Balaban J connectivity index is 0.00000400. The molecule has 2 heterocycles. The lowest BCUT2D eigenvalue weighted by Gasteiger charge is -2.31. The first-order valence-electron chi connectivity index (χ1n) is 12.2. The number of nitrogens with zero attached hydrogens (tertiary/aromatic N) is 4. The highest BCUT2D eigenvalue weighted by atomic mass is 35.5. The van der Waals surface area contributed by atoms with Gasteiger partial charge in [0.05, 0.1) is 25.3 Å². The zero-order valence-corrected chi connectivity index (χ0v) is 22.5. The van der Waals surface area contributed by atoms with Gasteiger partial charge in [0, 0.05) is 50.4 Å². The van der Waals surface area contributed by atoms with E-state index in [-0.39, 0.29) is 50.4 Å². The fraction of sp³-hybridized carbons (Fsp3) is 0.423. The molecule has 0 aliphatic carbocycles. The van der Waals surface area contributed by atoms with Gasteiger partial charge in [-0.25, -0.2) is 13.8 Å². The van der Waals surface area contributed by atoms with Crippen molar-refractivity contribution < 1.29 is 22.9 Å². The molecule has 12 heteroatoms. The molecule has 1 aliphatic rings. The van der Waals surface area contributed by atoms with Gasteiger partial charge in [-0.3, -0.25) is 14.6 Å². The molecule has 0 bridgehead atoms. The number of hydrazine groups is 1. The van der Waals surface area contributed by atoms with Gasteiger partial charge in [0.25, 0.3) is 12.3 Å². The Kier molecular flexibility index (Phi) is 10.0. The minimum absolute atomic E-state index is 0. The topological polar surface area (TPSA) is 93.9 Å². The van der Waals surface area contributed by atoms with E-state index in [0.29, 0.717) is 24.4 Å². The zero-order chi connectivity index (χ0) is 26.5. The summed E-state index contributed by atoms with van der Waals surface area (Å²) < 4.78 is 30.0. The summed E-state index contributed by atoms with van der Waals surface area (Å²) in [6, 6.07) is 11.8. The molecule has 1 aromatic heterocycles. The number of alkyl halides is 2. The number of anilines is 1. The number of nitrogens with one attached hydrogen (secondary N) is 2. The number of hydrogen-bond acceptors (Lipinski definition) is 7. The van der Waals surface area contributed by atoms with E-state index in [2.05, 4.69) is 27.9 Å². The van der Waals surface area contributed by atoms with Crippen LogP contribution < -0.4 is 15.5 Å². The van der Waals surface area contributed by atoms with Crippen LogP contribution >= 0.6 is 12.4 Å². The highest BCUT2D eigenvalue weighted by Gasteiger charge is 2.27. The molecule has 1 aliphatic heterocycles. The number of aromatic nitrogens is 1. The summed E-state index contributed by atoms with van der Waals surface area (Å²) in [7, 11) is 1.73. The van der Waals surface area contributed by atoms with E-state index in [1.807, 2.05) is 37.1 Å². The van der Waals surface area contributed by atoms with Gasteiger partial charge in [-0.05, 0) is 36.6 Å². The summed E-state index contributed by atoms with van der Waals surface area (Å²) in [5.74, 6) is -0.497. The van der Waals surface area contributed by atoms with Crippen LogP contribution in [-0.4, -0.2) is 73.2 Å². The quantitative estimate of drug-likeness (QED) is 0.354. The number of amides is 2. The first-order valence-corrected chi connectivity index (χ1v) is 12.2. The molecule has 4 rings (SSSR count). The minimum Gasteiger partial charge on any atom is -0.356 e. The van der Waals surface area contributed by atoms with Crippen molar-refractivity contribution in [2.75, 3.05) is 44.7 Å². The van der Waals surface area contributed by atoms with Gasteiger partial charge in [0.1, 0.15) is 0 Å². The Labute approximate surface area is 226 Å². The van der Waals surface area contributed by atoms with Crippen LogP contribution in [0.2, 0.25) is 0 Å². The van der Waals surface area contributed by atoms with Gasteiger partial charge in [0.15, 0.2) is 5.58 Å². The molecule has 0 fully saturated rings. The van der Waals surface area contributed by atoms with Crippen LogP contribution in [0.3, 0.4) is 0 Å². The Morgan fingerprint density at radius 3 is 2.45 bits per heavy atom. The van der Waals surface area contributed by atoms with Gasteiger partial charge in [-0.15, -0.1) is 12.4 Å². The van der Waals surface area contributed by atoms with Crippen molar-refractivity contribution in [2.45, 2.75) is 33.4 Å². The van der Waals surface area contributed by atoms with Gasteiger partial charge in [-0.2, -0.15) is 0 Å². The van der Waals surface area contributed by atoms with Gasteiger partial charge in [0.2, 0.25) is 5.91 Å². The van der Waals surface area contributed by atoms with Crippen molar-refractivity contribution >= 4 is 40.9 Å². The molecular formula is C26H33ClF2N6O3. The number of benzene rings is 2. The lowest BCUT2D eigenvalue weighted by molar-refractivity contribution is -0.145. The molecule has 0 spiro atoms. The largest absolute Gasteiger partial charge is 0.356 e. The van der Waals surface area contributed by atoms with Crippen molar-refractivity contribution in [1.29, 1.82) is 0 Å². The van der Waals surface area contributed by atoms with Crippen molar-refractivity contribution in [3.8, 4) is 0 Å².